The number of piperazine rings is 1. The number of aryl methyl sites for hydroxylation is 1. The van der Waals surface area contributed by atoms with E-state index in [4.69, 9.17) is 0 Å². The Balaban J connectivity index is 1.33. The second kappa shape index (κ2) is 10.1. The van der Waals surface area contributed by atoms with Crippen molar-refractivity contribution >= 4 is 33.3 Å². The summed E-state index contributed by atoms with van der Waals surface area (Å²) in [6, 6.07) is 17.8. The molecule has 4 aromatic rings. The monoisotopic (exact) mass is 487 g/mol. The van der Waals surface area contributed by atoms with Crippen LogP contribution >= 0.6 is 0 Å². The standard InChI is InChI=1S/C29H30FN3O3/c1-2-11-33-19-24(29(35)36)28(34)23-17-25(30)27(18-26(23)33)32-15-13-31(14-16-32)12-10-21-8-5-7-20-6-3-4-9-22(20)21/h3-9,17-19H,2,10-16H2,1H3,(H,35,36). The first-order valence-corrected chi connectivity index (χ1v) is 12.5. The molecule has 1 aliphatic heterocycles. The molecule has 0 unspecified atom stereocenters. The fourth-order valence-corrected chi connectivity index (χ4v) is 5.22. The number of pyridine rings is 1. The Morgan fingerprint density at radius 1 is 0.972 bits per heavy atom. The van der Waals surface area contributed by atoms with Gasteiger partial charge in [0.15, 0.2) is 0 Å². The number of carbonyl (C=O) groups is 1. The third kappa shape index (κ3) is 4.58. The van der Waals surface area contributed by atoms with Crippen molar-refractivity contribution in [3.63, 3.8) is 0 Å². The molecule has 0 spiro atoms. The lowest BCUT2D eigenvalue weighted by Gasteiger charge is -2.36. The van der Waals surface area contributed by atoms with Gasteiger partial charge in [-0.1, -0.05) is 49.4 Å². The Morgan fingerprint density at radius 2 is 1.72 bits per heavy atom. The maximum Gasteiger partial charge on any atom is 0.341 e. The van der Waals surface area contributed by atoms with Crippen LogP contribution in [-0.2, 0) is 13.0 Å². The summed E-state index contributed by atoms with van der Waals surface area (Å²) in [5, 5.41) is 12.1. The van der Waals surface area contributed by atoms with Crippen LogP contribution in [-0.4, -0.2) is 53.3 Å². The Labute approximate surface area is 209 Å². The lowest BCUT2D eigenvalue weighted by Crippen LogP contribution is -2.47. The molecule has 0 saturated carbocycles. The van der Waals surface area contributed by atoms with Crippen molar-refractivity contribution in [1.29, 1.82) is 0 Å². The summed E-state index contributed by atoms with van der Waals surface area (Å²) in [7, 11) is 0. The van der Waals surface area contributed by atoms with Crippen LogP contribution in [0.3, 0.4) is 0 Å². The summed E-state index contributed by atoms with van der Waals surface area (Å²) >= 11 is 0. The van der Waals surface area contributed by atoms with E-state index in [0.29, 0.717) is 30.8 Å². The number of rotatable bonds is 7. The molecule has 0 aliphatic carbocycles. The topological polar surface area (TPSA) is 65.8 Å². The van der Waals surface area contributed by atoms with Gasteiger partial charge in [0, 0.05) is 50.9 Å². The Bertz CT molecular complexity index is 1480. The smallest absolute Gasteiger partial charge is 0.341 e. The molecule has 0 atom stereocenters. The summed E-state index contributed by atoms with van der Waals surface area (Å²) in [5.41, 5.74) is 1.40. The van der Waals surface area contributed by atoms with E-state index in [0.717, 1.165) is 32.5 Å². The lowest BCUT2D eigenvalue weighted by molar-refractivity contribution is 0.0694. The van der Waals surface area contributed by atoms with E-state index < -0.39 is 17.2 Å². The van der Waals surface area contributed by atoms with Gasteiger partial charge in [-0.3, -0.25) is 9.69 Å². The molecule has 0 amide bonds. The number of hydrogen-bond acceptors (Lipinski definition) is 4. The van der Waals surface area contributed by atoms with Gasteiger partial charge in [-0.25, -0.2) is 9.18 Å². The average Bonchev–Trinajstić information content (AvgIpc) is 2.89. The maximum atomic E-state index is 15.2. The van der Waals surface area contributed by atoms with Crippen LogP contribution in [0.15, 0.2) is 65.6 Å². The maximum absolute atomic E-state index is 15.2. The molecule has 5 rings (SSSR count). The first kappa shape index (κ1) is 24.0. The number of carboxylic acid groups (broad SMARTS) is 1. The van der Waals surface area contributed by atoms with Gasteiger partial charge >= 0.3 is 5.97 Å². The van der Waals surface area contributed by atoms with Crippen molar-refractivity contribution in [2.45, 2.75) is 26.3 Å². The van der Waals surface area contributed by atoms with E-state index in [1.165, 1.54) is 28.6 Å². The number of carboxylic acids is 1. The minimum absolute atomic E-state index is 0.110. The van der Waals surface area contributed by atoms with Gasteiger partial charge in [0.25, 0.3) is 0 Å². The Hall–Kier alpha value is -3.71. The molecular formula is C29H30FN3O3. The molecule has 1 fully saturated rings. The molecule has 1 N–H and O–H groups in total. The van der Waals surface area contributed by atoms with Crippen LogP contribution in [0.1, 0.15) is 29.3 Å². The van der Waals surface area contributed by atoms with E-state index in [9.17, 15) is 14.7 Å². The van der Waals surface area contributed by atoms with Crippen molar-refractivity contribution in [3.05, 3.63) is 88.0 Å². The first-order valence-electron chi connectivity index (χ1n) is 12.5. The molecule has 1 aliphatic rings. The predicted octanol–water partition coefficient (Wildman–Crippen LogP) is 4.77. The number of hydrogen-bond donors (Lipinski definition) is 1. The molecule has 0 bridgehead atoms. The second-order valence-electron chi connectivity index (χ2n) is 9.41. The average molecular weight is 488 g/mol. The summed E-state index contributed by atoms with van der Waals surface area (Å²) < 4.78 is 17.0. The van der Waals surface area contributed by atoms with Crippen LogP contribution in [0.2, 0.25) is 0 Å². The fourth-order valence-electron chi connectivity index (χ4n) is 5.22. The molecule has 186 valence electrons. The Kier molecular flexibility index (Phi) is 6.74. The van der Waals surface area contributed by atoms with Crippen LogP contribution < -0.4 is 10.3 Å². The molecule has 1 aromatic heterocycles. The van der Waals surface area contributed by atoms with Crippen LogP contribution in [0.5, 0.6) is 0 Å². The third-order valence-electron chi connectivity index (χ3n) is 7.13. The molecule has 0 radical (unpaired) electrons. The zero-order valence-corrected chi connectivity index (χ0v) is 20.4. The highest BCUT2D eigenvalue weighted by molar-refractivity contribution is 5.93. The minimum atomic E-state index is -1.30. The quantitative estimate of drug-likeness (QED) is 0.407. The Morgan fingerprint density at radius 3 is 2.47 bits per heavy atom. The summed E-state index contributed by atoms with van der Waals surface area (Å²) in [6.07, 6.45) is 3.10. The summed E-state index contributed by atoms with van der Waals surface area (Å²) in [6.45, 7) is 6.47. The molecule has 6 nitrogen and oxygen atoms in total. The zero-order valence-electron chi connectivity index (χ0n) is 20.4. The van der Waals surface area contributed by atoms with Gasteiger partial charge in [-0.15, -0.1) is 0 Å². The van der Waals surface area contributed by atoms with Gasteiger partial charge in [-0.2, -0.15) is 0 Å². The number of fused-ring (bicyclic) bond motifs is 2. The van der Waals surface area contributed by atoms with Crippen LogP contribution in [0.4, 0.5) is 10.1 Å². The van der Waals surface area contributed by atoms with Gasteiger partial charge in [0.05, 0.1) is 11.2 Å². The third-order valence-corrected chi connectivity index (χ3v) is 7.13. The fraction of sp³-hybridized carbons (Fsp3) is 0.310. The second-order valence-corrected chi connectivity index (χ2v) is 9.41. The van der Waals surface area contributed by atoms with Crippen molar-refractivity contribution in [2.75, 3.05) is 37.6 Å². The molecule has 1 saturated heterocycles. The number of benzene rings is 3. The number of aromatic nitrogens is 1. The molecule has 7 heteroatoms. The minimum Gasteiger partial charge on any atom is -0.477 e. The van der Waals surface area contributed by atoms with Crippen molar-refractivity contribution in [1.82, 2.24) is 9.47 Å². The van der Waals surface area contributed by atoms with Gasteiger partial charge < -0.3 is 14.6 Å². The first-order chi connectivity index (χ1) is 17.5. The number of anilines is 1. The molecule has 3 aromatic carbocycles. The SMILES string of the molecule is CCCn1cc(C(=O)O)c(=O)c2cc(F)c(N3CCN(CCc4cccc5ccccc45)CC3)cc21. The highest BCUT2D eigenvalue weighted by Crippen LogP contribution is 2.27. The van der Waals surface area contributed by atoms with Crippen LogP contribution in [0.25, 0.3) is 21.7 Å². The van der Waals surface area contributed by atoms with Crippen molar-refractivity contribution in [2.24, 2.45) is 0 Å². The van der Waals surface area contributed by atoms with Gasteiger partial charge in [0.2, 0.25) is 5.43 Å². The van der Waals surface area contributed by atoms with Gasteiger partial charge in [0.1, 0.15) is 11.4 Å². The molecular weight excluding hydrogens is 457 g/mol. The highest BCUT2D eigenvalue weighted by atomic mass is 19.1. The van der Waals surface area contributed by atoms with E-state index in [1.807, 2.05) is 11.8 Å². The van der Waals surface area contributed by atoms with E-state index in [-0.39, 0.29) is 10.9 Å². The number of aromatic carboxylic acids is 1. The summed E-state index contributed by atoms with van der Waals surface area (Å²) in [5.74, 6) is -1.79. The number of nitrogens with zero attached hydrogens (tertiary/aromatic N) is 3. The van der Waals surface area contributed by atoms with E-state index in [2.05, 4.69) is 47.4 Å². The molecule has 2 heterocycles. The number of halogens is 1. The largest absolute Gasteiger partial charge is 0.477 e. The summed E-state index contributed by atoms with van der Waals surface area (Å²) in [4.78, 5) is 28.7. The lowest BCUT2D eigenvalue weighted by atomic mass is 10.0. The predicted molar refractivity (Wildman–Crippen MR) is 142 cm³/mol. The van der Waals surface area contributed by atoms with E-state index in [1.54, 1.807) is 10.6 Å². The highest BCUT2D eigenvalue weighted by Gasteiger charge is 2.22. The van der Waals surface area contributed by atoms with Crippen LogP contribution in [0, 0.1) is 5.82 Å². The zero-order chi connectivity index (χ0) is 25.2. The van der Waals surface area contributed by atoms with Gasteiger partial charge in [-0.05, 0) is 41.3 Å². The normalized spacial score (nSPS) is 14.6. The van der Waals surface area contributed by atoms with Crippen molar-refractivity contribution < 1.29 is 14.3 Å². The molecule has 36 heavy (non-hydrogen) atoms. The van der Waals surface area contributed by atoms with E-state index >= 15 is 4.39 Å². The van der Waals surface area contributed by atoms with Crippen molar-refractivity contribution in [3.8, 4) is 0 Å².